The summed E-state index contributed by atoms with van der Waals surface area (Å²) in [5.41, 5.74) is -1.74. The van der Waals surface area contributed by atoms with Crippen molar-refractivity contribution in [1.82, 2.24) is 0 Å². The monoisotopic (exact) mass is 636 g/mol. The molecule has 0 amide bonds. The summed E-state index contributed by atoms with van der Waals surface area (Å²) in [7, 11) is 0. The first kappa shape index (κ1) is 30.5. The molecule has 46 heavy (non-hydrogen) atoms. The second-order valence-electron chi connectivity index (χ2n) is 14.3. The van der Waals surface area contributed by atoms with E-state index in [1.807, 2.05) is 0 Å². The van der Waals surface area contributed by atoms with Gasteiger partial charge < -0.3 is 18.6 Å². The van der Waals surface area contributed by atoms with Gasteiger partial charge in [-0.05, 0) is 79.7 Å². The summed E-state index contributed by atoms with van der Waals surface area (Å²) < 4.78 is 23.7. The maximum absolute atomic E-state index is 13.1. The Morgan fingerprint density at radius 1 is 0.935 bits per heavy atom. The molecule has 1 spiro atoms. The fourth-order valence-electron chi connectivity index (χ4n) is 10.3. The van der Waals surface area contributed by atoms with Gasteiger partial charge >= 0.3 is 17.6 Å². The number of fused-ring (bicyclic) bond motifs is 3. The Kier molecular flexibility index (Phi) is 6.93. The van der Waals surface area contributed by atoms with E-state index in [2.05, 4.69) is 13.8 Å². The number of ether oxygens (including phenoxy) is 3. The normalized spacial score (nSPS) is 38.7. The fourth-order valence-corrected chi connectivity index (χ4v) is 10.3. The third-order valence-electron chi connectivity index (χ3n) is 12.3. The number of epoxide rings is 1. The SMILES string of the molecule is CC(=O)O[C@H]1[C@H]2O[C@]23[C@@H]2CC[C@@H]4C[C@@H](OC(=O)c5cc([N+](=O)[O-])cc([N+](=O)[O-])c5)CC[C@]4(C)[C@H]2CC[C@]3(C)[C@H]1c1ccc(=O)oc1. The predicted octanol–water partition coefficient (Wildman–Crippen LogP) is 5.48. The minimum Gasteiger partial charge on any atom is -0.459 e. The zero-order valence-corrected chi connectivity index (χ0v) is 25.8. The van der Waals surface area contributed by atoms with Crippen molar-refractivity contribution in [3.63, 3.8) is 0 Å². The number of rotatable bonds is 6. The van der Waals surface area contributed by atoms with E-state index in [9.17, 15) is 34.6 Å². The average molecular weight is 637 g/mol. The van der Waals surface area contributed by atoms with Crippen molar-refractivity contribution in [2.24, 2.45) is 28.6 Å². The van der Waals surface area contributed by atoms with Crippen molar-refractivity contribution in [2.45, 2.75) is 95.5 Å². The third-order valence-corrected chi connectivity index (χ3v) is 12.3. The van der Waals surface area contributed by atoms with E-state index in [0.29, 0.717) is 18.8 Å². The Bertz CT molecular complexity index is 1650. The standard InChI is InChI=1S/C33H36N2O11/c1-17(36)44-28-27(18-4-7-26(37)43-16-18)32(3)11-9-24-25(33(32)29(28)46-33)6-5-20-14-23(8-10-31(20,24)2)45-30(38)19-12-21(34(39)40)15-22(13-19)35(41)42/h4,7,12-13,15-16,20,23-25,27-29H,5-6,8-11,14H2,1-3H3/t20-,23+,24+,25-,27+,28-,29-,31+,32-,33-/m1/s1. The number of carbonyl (C=O) groups excluding carboxylic acids is 2. The maximum atomic E-state index is 13.1. The minimum absolute atomic E-state index is 0.0444. The second kappa shape index (κ2) is 10.4. The van der Waals surface area contributed by atoms with Crippen LogP contribution in [0.25, 0.3) is 0 Å². The minimum atomic E-state index is -0.805. The Balaban J connectivity index is 1.11. The molecular weight excluding hydrogens is 600 g/mol. The van der Waals surface area contributed by atoms with Crippen LogP contribution in [0.3, 0.4) is 0 Å². The highest BCUT2D eigenvalue weighted by Gasteiger charge is 2.84. The van der Waals surface area contributed by atoms with Gasteiger partial charge in [-0.15, -0.1) is 0 Å². The summed E-state index contributed by atoms with van der Waals surface area (Å²) >= 11 is 0. The topological polar surface area (TPSA) is 182 Å². The molecule has 1 aromatic carbocycles. The highest BCUT2D eigenvalue weighted by molar-refractivity contribution is 5.91. The summed E-state index contributed by atoms with van der Waals surface area (Å²) in [6.07, 6.45) is 6.00. The lowest BCUT2D eigenvalue weighted by molar-refractivity contribution is -0.394. The summed E-state index contributed by atoms with van der Waals surface area (Å²) in [5, 5.41) is 22.6. The molecule has 0 bridgehead atoms. The van der Waals surface area contributed by atoms with Gasteiger partial charge in [-0.3, -0.25) is 25.0 Å². The fraction of sp³-hybridized carbons (Fsp3) is 0.606. The number of nitro benzene ring substituents is 2. The highest BCUT2D eigenvalue weighted by Crippen LogP contribution is 2.78. The molecule has 4 saturated carbocycles. The number of nitro groups is 2. The van der Waals surface area contributed by atoms with Crippen molar-refractivity contribution in [1.29, 1.82) is 0 Å². The lowest BCUT2D eigenvalue weighted by Gasteiger charge is -2.61. The molecule has 10 atom stereocenters. The van der Waals surface area contributed by atoms with Gasteiger partial charge in [0.1, 0.15) is 23.9 Å². The largest absolute Gasteiger partial charge is 0.459 e. The first-order valence-corrected chi connectivity index (χ1v) is 15.9. The van der Waals surface area contributed by atoms with Crippen molar-refractivity contribution >= 4 is 23.3 Å². The zero-order chi connectivity index (χ0) is 32.8. The Labute approximate surface area is 263 Å². The summed E-state index contributed by atoms with van der Waals surface area (Å²) in [5.74, 6) is -0.513. The van der Waals surface area contributed by atoms with Gasteiger partial charge in [-0.2, -0.15) is 0 Å². The molecule has 244 valence electrons. The van der Waals surface area contributed by atoms with E-state index in [0.717, 1.165) is 55.9 Å². The van der Waals surface area contributed by atoms with E-state index in [1.54, 1.807) is 6.07 Å². The van der Waals surface area contributed by atoms with Crippen molar-refractivity contribution in [3.05, 3.63) is 78.4 Å². The Morgan fingerprint density at radius 2 is 1.65 bits per heavy atom. The average Bonchev–Trinajstić information content (AvgIpc) is 3.71. The first-order chi connectivity index (χ1) is 21.8. The number of esters is 2. The van der Waals surface area contributed by atoms with Crippen molar-refractivity contribution < 1.29 is 38.1 Å². The maximum Gasteiger partial charge on any atom is 0.338 e. The molecule has 1 aromatic heterocycles. The lowest BCUT2D eigenvalue weighted by atomic mass is 9.44. The van der Waals surface area contributed by atoms with Crippen LogP contribution in [0.4, 0.5) is 11.4 Å². The molecule has 2 aromatic rings. The molecular formula is C33H36N2O11. The Morgan fingerprint density at radius 3 is 2.28 bits per heavy atom. The van der Waals surface area contributed by atoms with Crippen LogP contribution in [-0.2, 0) is 19.0 Å². The van der Waals surface area contributed by atoms with E-state index >= 15 is 0 Å². The van der Waals surface area contributed by atoms with Gasteiger partial charge in [0.2, 0.25) is 0 Å². The van der Waals surface area contributed by atoms with Gasteiger partial charge in [0.05, 0.1) is 27.7 Å². The van der Waals surface area contributed by atoms with Crippen LogP contribution in [-0.4, -0.2) is 45.7 Å². The van der Waals surface area contributed by atoms with Crippen LogP contribution in [0.15, 0.2) is 45.8 Å². The molecule has 2 heterocycles. The van der Waals surface area contributed by atoms with Gasteiger partial charge in [0.15, 0.2) is 0 Å². The van der Waals surface area contributed by atoms with Gasteiger partial charge in [0.25, 0.3) is 11.4 Å². The lowest BCUT2D eigenvalue weighted by Crippen LogP contribution is -2.58. The molecule has 5 aliphatic rings. The zero-order valence-electron chi connectivity index (χ0n) is 25.8. The number of carbonyl (C=O) groups is 2. The second-order valence-corrected chi connectivity index (χ2v) is 14.3. The number of nitrogens with zero attached hydrogens (tertiary/aromatic N) is 2. The van der Waals surface area contributed by atoms with Crippen LogP contribution < -0.4 is 5.63 Å². The van der Waals surface area contributed by atoms with E-state index in [1.165, 1.54) is 19.3 Å². The smallest absolute Gasteiger partial charge is 0.338 e. The molecule has 0 N–H and O–H groups in total. The van der Waals surface area contributed by atoms with E-state index in [4.69, 9.17) is 18.6 Å². The summed E-state index contributed by atoms with van der Waals surface area (Å²) in [6, 6.07) is 6.03. The summed E-state index contributed by atoms with van der Waals surface area (Å²) in [6.45, 7) is 5.96. The molecule has 7 rings (SSSR count). The summed E-state index contributed by atoms with van der Waals surface area (Å²) in [4.78, 5) is 58.2. The number of benzene rings is 1. The quantitative estimate of drug-likeness (QED) is 0.169. The molecule has 5 fully saturated rings. The molecule has 4 aliphatic carbocycles. The van der Waals surface area contributed by atoms with Gasteiger partial charge in [0, 0.05) is 36.5 Å². The van der Waals surface area contributed by atoms with Crippen LogP contribution in [0, 0.1) is 48.8 Å². The van der Waals surface area contributed by atoms with Gasteiger partial charge in [-0.25, -0.2) is 9.59 Å². The number of non-ortho nitro benzene ring substituents is 2. The molecule has 1 aliphatic heterocycles. The highest BCUT2D eigenvalue weighted by atomic mass is 16.7. The van der Waals surface area contributed by atoms with Crippen LogP contribution in [0.1, 0.15) is 87.6 Å². The molecule has 1 saturated heterocycles. The molecule has 13 heteroatoms. The van der Waals surface area contributed by atoms with E-state index in [-0.39, 0.29) is 46.2 Å². The van der Waals surface area contributed by atoms with Gasteiger partial charge in [-0.1, -0.05) is 13.8 Å². The van der Waals surface area contributed by atoms with Crippen molar-refractivity contribution in [2.75, 3.05) is 0 Å². The third kappa shape index (κ3) is 4.41. The molecule has 0 unspecified atom stereocenters. The Hall–Kier alpha value is -4.13. The molecule has 13 nitrogen and oxygen atoms in total. The first-order valence-electron chi connectivity index (χ1n) is 15.9. The number of hydrogen-bond acceptors (Lipinski definition) is 11. The predicted molar refractivity (Wildman–Crippen MR) is 159 cm³/mol. The molecule has 0 radical (unpaired) electrons. The van der Waals surface area contributed by atoms with Crippen LogP contribution >= 0.6 is 0 Å². The van der Waals surface area contributed by atoms with Crippen LogP contribution in [0.2, 0.25) is 0 Å². The van der Waals surface area contributed by atoms with Crippen LogP contribution in [0.5, 0.6) is 0 Å². The van der Waals surface area contributed by atoms with Crippen molar-refractivity contribution in [3.8, 4) is 0 Å². The number of hydrogen-bond donors (Lipinski definition) is 0. The van der Waals surface area contributed by atoms with E-state index < -0.39 is 50.6 Å².